The van der Waals surface area contributed by atoms with Gasteiger partial charge in [-0.05, 0) is 35.2 Å². The van der Waals surface area contributed by atoms with Crippen molar-refractivity contribution < 1.29 is 9.47 Å². The lowest BCUT2D eigenvalue weighted by molar-refractivity contribution is 0.237. The Morgan fingerprint density at radius 1 is 0.895 bits per heavy atom. The minimum atomic E-state index is 0.609. The van der Waals surface area contributed by atoms with Gasteiger partial charge >= 0.3 is 0 Å². The molecule has 98 valence electrons. The Balaban J connectivity index is 1.89. The third kappa shape index (κ3) is 2.86. The zero-order valence-corrected chi connectivity index (χ0v) is 12.7. The Morgan fingerprint density at radius 2 is 1.58 bits per heavy atom. The van der Waals surface area contributed by atoms with E-state index >= 15 is 0 Å². The first-order chi connectivity index (χ1) is 9.36. The van der Waals surface area contributed by atoms with Gasteiger partial charge < -0.3 is 9.47 Å². The monoisotopic (exact) mass is 366 g/mol. The molecule has 1 aliphatic rings. The Hall–Kier alpha value is -1.23. The SMILES string of the molecule is ICCc1ccc2c(c1)OCc1ccccc1CO2. The maximum absolute atomic E-state index is 5.91. The van der Waals surface area contributed by atoms with Crippen LogP contribution in [0, 0.1) is 0 Å². The Labute approximate surface area is 126 Å². The largest absolute Gasteiger partial charge is 0.485 e. The first kappa shape index (κ1) is 12.8. The van der Waals surface area contributed by atoms with Crippen molar-refractivity contribution in [2.45, 2.75) is 19.6 Å². The third-order valence-corrected chi connectivity index (χ3v) is 3.82. The van der Waals surface area contributed by atoms with Crippen molar-refractivity contribution >= 4 is 22.6 Å². The molecule has 0 radical (unpaired) electrons. The number of ether oxygens (including phenoxy) is 2. The molecule has 3 rings (SSSR count). The molecule has 0 fully saturated rings. The molecule has 19 heavy (non-hydrogen) atoms. The van der Waals surface area contributed by atoms with Crippen LogP contribution in [0.2, 0.25) is 0 Å². The Kier molecular flexibility index (Phi) is 3.92. The van der Waals surface area contributed by atoms with E-state index in [9.17, 15) is 0 Å². The van der Waals surface area contributed by atoms with Crippen molar-refractivity contribution in [2.75, 3.05) is 4.43 Å². The highest BCUT2D eigenvalue weighted by Gasteiger charge is 2.13. The second kappa shape index (κ2) is 5.82. The topological polar surface area (TPSA) is 18.5 Å². The molecule has 2 nitrogen and oxygen atoms in total. The average molecular weight is 366 g/mol. The predicted molar refractivity (Wildman–Crippen MR) is 84.1 cm³/mol. The van der Waals surface area contributed by atoms with Crippen LogP contribution < -0.4 is 9.47 Å². The number of benzene rings is 2. The lowest BCUT2D eigenvalue weighted by atomic mass is 10.1. The second-order valence-corrected chi connectivity index (χ2v) is 5.64. The van der Waals surface area contributed by atoms with Gasteiger partial charge in [-0.3, -0.25) is 0 Å². The van der Waals surface area contributed by atoms with Crippen LogP contribution in [-0.2, 0) is 19.6 Å². The molecule has 0 aliphatic carbocycles. The van der Waals surface area contributed by atoms with Crippen molar-refractivity contribution in [3.8, 4) is 11.5 Å². The highest BCUT2D eigenvalue weighted by molar-refractivity contribution is 14.1. The quantitative estimate of drug-likeness (QED) is 0.588. The predicted octanol–water partition coefficient (Wildman–Crippen LogP) is 4.14. The molecule has 0 N–H and O–H groups in total. The van der Waals surface area contributed by atoms with E-state index in [0.29, 0.717) is 13.2 Å². The van der Waals surface area contributed by atoms with Gasteiger partial charge in [-0.1, -0.05) is 52.9 Å². The summed E-state index contributed by atoms with van der Waals surface area (Å²) in [7, 11) is 0. The lowest BCUT2D eigenvalue weighted by Crippen LogP contribution is -2.08. The van der Waals surface area contributed by atoms with E-state index in [4.69, 9.17) is 9.47 Å². The first-order valence-electron chi connectivity index (χ1n) is 6.38. The van der Waals surface area contributed by atoms with E-state index in [1.54, 1.807) is 0 Å². The number of alkyl halides is 1. The number of fused-ring (bicyclic) bond motifs is 2. The van der Waals surface area contributed by atoms with Crippen molar-refractivity contribution in [3.63, 3.8) is 0 Å². The van der Waals surface area contributed by atoms with E-state index in [1.807, 2.05) is 18.2 Å². The number of hydrogen-bond donors (Lipinski definition) is 0. The van der Waals surface area contributed by atoms with E-state index in [1.165, 1.54) is 16.7 Å². The second-order valence-electron chi connectivity index (χ2n) is 4.57. The zero-order chi connectivity index (χ0) is 13.1. The third-order valence-electron chi connectivity index (χ3n) is 3.28. The summed E-state index contributed by atoms with van der Waals surface area (Å²) >= 11 is 2.39. The van der Waals surface area contributed by atoms with Crippen LogP contribution in [-0.4, -0.2) is 4.43 Å². The Bertz CT molecular complexity index is 581. The van der Waals surface area contributed by atoms with Gasteiger partial charge in [0.15, 0.2) is 11.5 Å². The van der Waals surface area contributed by atoms with Crippen molar-refractivity contribution in [1.82, 2.24) is 0 Å². The number of halogens is 1. The highest BCUT2D eigenvalue weighted by atomic mass is 127. The molecule has 0 unspecified atom stereocenters. The van der Waals surface area contributed by atoms with Crippen molar-refractivity contribution in [2.24, 2.45) is 0 Å². The fourth-order valence-electron chi connectivity index (χ4n) is 2.20. The minimum Gasteiger partial charge on any atom is -0.485 e. The smallest absolute Gasteiger partial charge is 0.161 e. The molecule has 3 heteroatoms. The van der Waals surface area contributed by atoms with E-state index < -0.39 is 0 Å². The normalized spacial score (nSPS) is 13.3. The molecule has 1 heterocycles. The average Bonchev–Trinajstić information content (AvgIpc) is 2.42. The summed E-state index contributed by atoms with van der Waals surface area (Å²) in [5.41, 5.74) is 3.70. The Morgan fingerprint density at radius 3 is 2.26 bits per heavy atom. The maximum atomic E-state index is 5.91. The van der Waals surface area contributed by atoms with E-state index in [-0.39, 0.29) is 0 Å². The lowest BCUT2D eigenvalue weighted by Gasteiger charge is -2.19. The van der Waals surface area contributed by atoms with E-state index in [2.05, 4.69) is 46.9 Å². The first-order valence-corrected chi connectivity index (χ1v) is 7.90. The van der Waals surface area contributed by atoms with Gasteiger partial charge in [0, 0.05) is 4.43 Å². The molecule has 0 atom stereocenters. The molecular weight excluding hydrogens is 351 g/mol. The van der Waals surface area contributed by atoms with Gasteiger partial charge in [-0.15, -0.1) is 0 Å². The van der Waals surface area contributed by atoms with Crippen molar-refractivity contribution in [3.05, 3.63) is 59.2 Å². The number of aryl methyl sites for hydroxylation is 1. The molecular formula is C16H15IO2. The zero-order valence-electron chi connectivity index (χ0n) is 10.6. The van der Waals surface area contributed by atoms with Gasteiger partial charge in [0.2, 0.25) is 0 Å². The fourth-order valence-corrected chi connectivity index (χ4v) is 2.82. The van der Waals surface area contributed by atoms with Crippen LogP contribution in [0.3, 0.4) is 0 Å². The van der Waals surface area contributed by atoms with Gasteiger partial charge in [0.1, 0.15) is 13.2 Å². The van der Waals surface area contributed by atoms with Crippen LogP contribution in [0.5, 0.6) is 11.5 Å². The van der Waals surface area contributed by atoms with Gasteiger partial charge in [0.05, 0.1) is 0 Å². The molecule has 0 saturated carbocycles. The van der Waals surface area contributed by atoms with Crippen LogP contribution in [0.4, 0.5) is 0 Å². The van der Waals surface area contributed by atoms with Gasteiger partial charge in [-0.25, -0.2) is 0 Å². The summed E-state index contributed by atoms with van der Waals surface area (Å²) in [6, 6.07) is 14.5. The number of rotatable bonds is 2. The minimum absolute atomic E-state index is 0.609. The summed E-state index contributed by atoms with van der Waals surface area (Å²) in [4.78, 5) is 0. The highest BCUT2D eigenvalue weighted by Crippen LogP contribution is 2.32. The van der Waals surface area contributed by atoms with Gasteiger partial charge in [-0.2, -0.15) is 0 Å². The van der Waals surface area contributed by atoms with Gasteiger partial charge in [0.25, 0.3) is 0 Å². The summed E-state index contributed by atoms with van der Waals surface area (Å²) < 4.78 is 12.9. The molecule has 1 aliphatic heterocycles. The molecule has 2 aromatic rings. The van der Waals surface area contributed by atoms with Crippen molar-refractivity contribution in [1.29, 1.82) is 0 Å². The molecule has 0 bridgehead atoms. The summed E-state index contributed by atoms with van der Waals surface area (Å²) in [6.45, 7) is 1.22. The summed E-state index contributed by atoms with van der Waals surface area (Å²) in [5.74, 6) is 1.70. The van der Waals surface area contributed by atoms with Crippen LogP contribution >= 0.6 is 22.6 Å². The summed E-state index contributed by atoms with van der Waals surface area (Å²) in [6.07, 6.45) is 1.06. The van der Waals surface area contributed by atoms with Crippen LogP contribution in [0.1, 0.15) is 16.7 Å². The molecule has 2 aromatic carbocycles. The standard InChI is InChI=1S/C16H15IO2/c17-8-7-12-5-6-15-16(9-12)19-11-14-4-2-1-3-13(14)10-18-15/h1-6,9H,7-8,10-11H2. The molecule has 0 spiro atoms. The number of hydrogen-bond acceptors (Lipinski definition) is 2. The maximum Gasteiger partial charge on any atom is 0.161 e. The fraction of sp³-hybridized carbons (Fsp3) is 0.250. The van der Waals surface area contributed by atoms with E-state index in [0.717, 1.165) is 22.3 Å². The van der Waals surface area contributed by atoms with Crippen LogP contribution in [0.15, 0.2) is 42.5 Å². The molecule has 0 aromatic heterocycles. The van der Waals surface area contributed by atoms with Crippen LogP contribution in [0.25, 0.3) is 0 Å². The molecule has 0 amide bonds. The summed E-state index contributed by atoms with van der Waals surface area (Å²) in [5, 5.41) is 0. The molecule has 0 saturated heterocycles.